The summed E-state index contributed by atoms with van der Waals surface area (Å²) in [7, 11) is 0. The first-order valence-corrected chi connectivity index (χ1v) is 11.1. The predicted molar refractivity (Wildman–Crippen MR) is 125 cm³/mol. The zero-order valence-corrected chi connectivity index (χ0v) is 19.2. The second kappa shape index (κ2) is 9.14. The van der Waals surface area contributed by atoms with E-state index in [9.17, 15) is 14.7 Å². The molecule has 0 fully saturated rings. The van der Waals surface area contributed by atoms with Gasteiger partial charge in [0.2, 0.25) is 0 Å². The second-order valence-corrected chi connectivity index (χ2v) is 9.32. The first-order chi connectivity index (χ1) is 15.7. The number of carbonyl (C=O) groups excluding carboxylic acids is 2. The molecule has 2 aromatic rings. The van der Waals surface area contributed by atoms with Crippen LogP contribution in [0.5, 0.6) is 11.5 Å². The van der Waals surface area contributed by atoms with Crippen LogP contribution in [-0.2, 0) is 14.3 Å². The molecule has 0 saturated carbocycles. The summed E-state index contributed by atoms with van der Waals surface area (Å²) in [4.78, 5) is 26.5. The number of phenolic OH excluding ortho intramolecular Hbond substituents is 1. The van der Waals surface area contributed by atoms with Gasteiger partial charge in [0, 0.05) is 29.3 Å². The summed E-state index contributed by atoms with van der Waals surface area (Å²) in [6, 6.07) is 16.0. The van der Waals surface area contributed by atoms with E-state index in [1.807, 2.05) is 43.3 Å². The third-order valence-electron chi connectivity index (χ3n) is 5.99. The summed E-state index contributed by atoms with van der Waals surface area (Å²) >= 11 is 0. The lowest BCUT2D eigenvalue weighted by molar-refractivity contribution is -0.140. The zero-order valence-electron chi connectivity index (χ0n) is 19.2. The van der Waals surface area contributed by atoms with Gasteiger partial charge in [-0.25, -0.2) is 4.79 Å². The zero-order chi connectivity index (χ0) is 23.6. The van der Waals surface area contributed by atoms with E-state index in [4.69, 9.17) is 9.47 Å². The number of hydrogen-bond donors (Lipinski definition) is 2. The second-order valence-electron chi connectivity index (χ2n) is 9.32. The maximum atomic E-state index is 13.2. The van der Waals surface area contributed by atoms with Crippen LogP contribution in [0.4, 0.5) is 0 Å². The highest BCUT2D eigenvalue weighted by Gasteiger charge is 2.43. The van der Waals surface area contributed by atoms with Crippen LogP contribution in [0.15, 0.2) is 77.1 Å². The molecule has 1 atom stereocenters. The van der Waals surface area contributed by atoms with Crippen molar-refractivity contribution in [2.75, 3.05) is 13.2 Å². The number of aromatic hydroxyl groups is 1. The van der Waals surface area contributed by atoms with E-state index < -0.39 is 11.9 Å². The van der Waals surface area contributed by atoms with Gasteiger partial charge in [-0.05, 0) is 48.6 Å². The van der Waals surface area contributed by atoms with Crippen molar-refractivity contribution in [1.82, 2.24) is 5.32 Å². The Morgan fingerprint density at radius 3 is 2.58 bits per heavy atom. The summed E-state index contributed by atoms with van der Waals surface area (Å²) in [5.41, 5.74) is 2.97. The van der Waals surface area contributed by atoms with E-state index in [0.29, 0.717) is 41.0 Å². The van der Waals surface area contributed by atoms with E-state index in [0.717, 1.165) is 5.70 Å². The fraction of sp³-hybridized carbons (Fsp3) is 0.333. The Morgan fingerprint density at radius 2 is 1.85 bits per heavy atom. The van der Waals surface area contributed by atoms with Crippen LogP contribution in [0.1, 0.15) is 45.1 Å². The number of allylic oxidation sites excluding steroid dienone is 3. The molecule has 1 heterocycles. The number of hydrogen-bond acceptors (Lipinski definition) is 6. The Hall–Kier alpha value is -3.54. The topological polar surface area (TPSA) is 84.9 Å². The molecular weight excluding hydrogens is 418 g/mol. The van der Waals surface area contributed by atoms with Gasteiger partial charge in [0.15, 0.2) is 5.78 Å². The van der Waals surface area contributed by atoms with E-state index in [1.54, 1.807) is 18.2 Å². The Kier molecular flexibility index (Phi) is 6.27. The minimum Gasteiger partial charge on any atom is -0.508 e. The third kappa shape index (κ3) is 4.95. The van der Waals surface area contributed by atoms with Crippen LogP contribution in [0, 0.1) is 5.41 Å². The largest absolute Gasteiger partial charge is 0.508 e. The number of esters is 1. The number of ether oxygens (including phenoxy) is 2. The summed E-state index contributed by atoms with van der Waals surface area (Å²) < 4.78 is 11.2. The van der Waals surface area contributed by atoms with Crippen molar-refractivity contribution in [3.8, 4) is 11.5 Å². The standard InChI is InChI=1S/C27H29NO5/c1-17-23(26(31)33-13-12-32-20-10-5-4-6-11-20)24(18-8-7-9-19(29)14-18)25-21(28-17)15-27(2,3)16-22(25)30/h4-11,14,24,28-29H,12-13,15-16H2,1-3H3/t24-/m1/s1. The molecule has 0 bridgehead atoms. The molecule has 0 aromatic heterocycles. The highest BCUT2D eigenvalue weighted by atomic mass is 16.6. The van der Waals surface area contributed by atoms with Crippen LogP contribution < -0.4 is 10.1 Å². The normalized spacial score (nSPS) is 19.6. The molecule has 0 amide bonds. The third-order valence-corrected chi connectivity index (χ3v) is 5.99. The molecule has 2 aliphatic rings. The molecule has 2 N–H and O–H groups in total. The Balaban J connectivity index is 1.60. The molecule has 6 nitrogen and oxygen atoms in total. The molecule has 2 aromatic carbocycles. The molecule has 172 valence electrons. The Bertz CT molecular complexity index is 1130. The minimum absolute atomic E-state index is 0.00676. The van der Waals surface area contributed by atoms with Gasteiger partial charge >= 0.3 is 5.97 Å². The maximum Gasteiger partial charge on any atom is 0.336 e. The number of rotatable bonds is 6. The summed E-state index contributed by atoms with van der Waals surface area (Å²) in [5, 5.41) is 13.4. The number of dihydropyridines is 1. The van der Waals surface area contributed by atoms with E-state index in [1.165, 1.54) is 0 Å². The average Bonchev–Trinajstić information content (AvgIpc) is 2.75. The first kappa shape index (κ1) is 22.6. The number of benzene rings is 2. The number of nitrogens with one attached hydrogen (secondary N) is 1. The smallest absolute Gasteiger partial charge is 0.336 e. The van der Waals surface area contributed by atoms with Gasteiger partial charge < -0.3 is 19.9 Å². The van der Waals surface area contributed by atoms with E-state index in [-0.39, 0.29) is 30.2 Å². The van der Waals surface area contributed by atoms with Crippen LogP contribution in [0.2, 0.25) is 0 Å². The van der Waals surface area contributed by atoms with Crippen molar-refractivity contribution in [2.45, 2.75) is 39.5 Å². The molecule has 1 aliphatic heterocycles. The SMILES string of the molecule is CC1=C(C(=O)OCCOc2ccccc2)[C@@H](c2cccc(O)c2)C2=C(CC(C)(C)CC2=O)N1. The Morgan fingerprint density at radius 1 is 1.09 bits per heavy atom. The number of ketones is 1. The minimum atomic E-state index is -0.598. The molecule has 6 heteroatoms. The van der Waals surface area contributed by atoms with Gasteiger partial charge in [0.05, 0.1) is 5.57 Å². The number of carbonyl (C=O) groups is 2. The quantitative estimate of drug-likeness (QED) is 0.497. The average molecular weight is 448 g/mol. The van der Waals surface area contributed by atoms with Gasteiger partial charge in [-0.2, -0.15) is 0 Å². The highest BCUT2D eigenvalue weighted by molar-refractivity contribution is 6.04. The van der Waals surface area contributed by atoms with Crippen molar-refractivity contribution in [1.29, 1.82) is 0 Å². The van der Waals surface area contributed by atoms with Gasteiger partial charge in [-0.15, -0.1) is 0 Å². The fourth-order valence-electron chi connectivity index (χ4n) is 4.63. The number of para-hydroxylation sites is 1. The summed E-state index contributed by atoms with van der Waals surface area (Å²) in [6.07, 6.45) is 1.10. The molecule has 4 rings (SSSR count). The van der Waals surface area contributed by atoms with Crippen molar-refractivity contribution < 1.29 is 24.2 Å². The van der Waals surface area contributed by atoms with Crippen molar-refractivity contribution >= 4 is 11.8 Å². The molecule has 0 radical (unpaired) electrons. The van der Waals surface area contributed by atoms with Crippen LogP contribution in [0.3, 0.4) is 0 Å². The van der Waals surface area contributed by atoms with Crippen LogP contribution in [-0.4, -0.2) is 30.1 Å². The Labute approximate surface area is 193 Å². The first-order valence-electron chi connectivity index (χ1n) is 11.1. The number of Topliss-reactive ketones (excluding diaryl/α,β-unsaturated/α-hetero) is 1. The van der Waals surface area contributed by atoms with Gasteiger partial charge in [-0.1, -0.05) is 44.2 Å². The van der Waals surface area contributed by atoms with Crippen molar-refractivity contribution in [3.05, 3.63) is 82.7 Å². The summed E-state index contributed by atoms with van der Waals surface area (Å²) in [5.74, 6) is -0.314. The van der Waals surface area contributed by atoms with E-state index >= 15 is 0 Å². The molecule has 1 aliphatic carbocycles. The number of phenols is 1. The molecule has 0 unspecified atom stereocenters. The van der Waals surface area contributed by atoms with Crippen LogP contribution >= 0.6 is 0 Å². The van der Waals surface area contributed by atoms with Crippen molar-refractivity contribution in [2.24, 2.45) is 5.41 Å². The molecule has 0 spiro atoms. The lowest BCUT2D eigenvalue weighted by Crippen LogP contribution is -2.38. The monoisotopic (exact) mass is 447 g/mol. The van der Waals surface area contributed by atoms with Crippen molar-refractivity contribution in [3.63, 3.8) is 0 Å². The lowest BCUT2D eigenvalue weighted by atomic mass is 9.68. The lowest BCUT2D eigenvalue weighted by Gasteiger charge is -2.39. The van der Waals surface area contributed by atoms with Gasteiger partial charge in [-0.3, -0.25) is 4.79 Å². The summed E-state index contributed by atoms with van der Waals surface area (Å²) in [6.45, 7) is 6.24. The maximum absolute atomic E-state index is 13.2. The van der Waals surface area contributed by atoms with Crippen LogP contribution in [0.25, 0.3) is 0 Å². The molecule has 0 saturated heterocycles. The molecular formula is C27H29NO5. The van der Waals surface area contributed by atoms with Gasteiger partial charge in [0.1, 0.15) is 24.7 Å². The van der Waals surface area contributed by atoms with E-state index in [2.05, 4.69) is 19.2 Å². The van der Waals surface area contributed by atoms with Gasteiger partial charge in [0.25, 0.3) is 0 Å². The molecule has 33 heavy (non-hydrogen) atoms. The predicted octanol–water partition coefficient (Wildman–Crippen LogP) is 4.62. The fourth-order valence-corrected chi connectivity index (χ4v) is 4.63. The highest BCUT2D eigenvalue weighted by Crippen LogP contribution is 2.47.